The van der Waals surface area contributed by atoms with Crippen molar-refractivity contribution >= 4 is 29.2 Å². The van der Waals surface area contributed by atoms with Crippen LogP contribution in [0.5, 0.6) is 5.88 Å². The zero-order valence-corrected chi connectivity index (χ0v) is 15.9. The van der Waals surface area contributed by atoms with Crippen LogP contribution in [0.2, 0.25) is 5.02 Å². The van der Waals surface area contributed by atoms with Gasteiger partial charge in [0.05, 0.1) is 12.4 Å². The van der Waals surface area contributed by atoms with E-state index in [2.05, 4.69) is 25.0 Å². The molecule has 0 bridgehead atoms. The van der Waals surface area contributed by atoms with E-state index in [1.807, 2.05) is 0 Å². The normalized spacial score (nSPS) is 18.3. The van der Waals surface area contributed by atoms with Crippen LogP contribution in [-0.4, -0.2) is 35.4 Å². The van der Waals surface area contributed by atoms with Gasteiger partial charge in [-0.1, -0.05) is 11.6 Å². The molecule has 11 heteroatoms. The van der Waals surface area contributed by atoms with Gasteiger partial charge >= 0.3 is 0 Å². The van der Waals surface area contributed by atoms with Gasteiger partial charge in [-0.25, -0.2) is 23.7 Å². The Balaban J connectivity index is 1.86. The summed E-state index contributed by atoms with van der Waals surface area (Å²) in [6, 6.07) is 4.53. The maximum absolute atomic E-state index is 13.1. The number of carbonyl (C=O) groups is 1. The number of anilines is 1. The van der Waals surface area contributed by atoms with Gasteiger partial charge in [-0.05, 0) is 31.2 Å². The minimum Gasteiger partial charge on any atom is -0.445 e. The highest BCUT2D eigenvalue weighted by atomic mass is 35.5. The Morgan fingerprint density at radius 1 is 1.34 bits per heavy atom. The van der Waals surface area contributed by atoms with E-state index in [-0.39, 0.29) is 23.4 Å². The van der Waals surface area contributed by atoms with Gasteiger partial charge in [-0.15, -0.1) is 0 Å². The first kappa shape index (κ1) is 20.5. The molecule has 0 spiro atoms. The molecule has 0 radical (unpaired) electrons. The quantitative estimate of drug-likeness (QED) is 0.738. The molecule has 8 nitrogen and oxygen atoms in total. The third-order valence-electron chi connectivity index (χ3n) is 3.98. The average molecular weight is 424 g/mol. The molecule has 1 aliphatic heterocycles. The highest BCUT2D eigenvalue weighted by Crippen LogP contribution is 2.37. The Labute approximate surface area is 169 Å². The molecule has 0 fully saturated rings. The van der Waals surface area contributed by atoms with Crippen LogP contribution in [0.4, 0.5) is 14.5 Å². The van der Waals surface area contributed by atoms with Gasteiger partial charge < -0.3 is 20.5 Å². The number of allylic oxidation sites excluding steroid dienone is 1. The van der Waals surface area contributed by atoms with E-state index < -0.39 is 25.0 Å². The first-order valence-corrected chi connectivity index (χ1v) is 8.65. The summed E-state index contributed by atoms with van der Waals surface area (Å²) in [5, 5.41) is 2.99. The number of ether oxygens (including phenoxy) is 2. The predicted octanol–water partition coefficient (Wildman–Crippen LogP) is 3.10. The number of carbonyl (C=O) groups excluding carboxylic acids is 1. The van der Waals surface area contributed by atoms with Gasteiger partial charge in [0.1, 0.15) is 23.7 Å². The number of halogens is 3. The summed E-state index contributed by atoms with van der Waals surface area (Å²) >= 11 is 6.31. The van der Waals surface area contributed by atoms with Crippen LogP contribution in [0.25, 0.3) is 0 Å². The van der Waals surface area contributed by atoms with Crippen molar-refractivity contribution in [2.45, 2.75) is 12.5 Å². The fraction of sp³-hybridized carbons (Fsp3) is 0.222. The minimum absolute atomic E-state index is 0.00753. The largest absolute Gasteiger partial charge is 0.445 e. The van der Waals surface area contributed by atoms with E-state index in [0.717, 1.165) is 12.4 Å². The molecule has 2 aromatic rings. The van der Waals surface area contributed by atoms with Crippen LogP contribution in [0.3, 0.4) is 0 Å². The Hall–Kier alpha value is -3.27. The Morgan fingerprint density at radius 3 is 2.79 bits per heavy atom. The van der Waals surface area contributed by atoms with Crippen molar-refractivity contribution in [3.8, 4) is 5.88 Å². The molecule has 0 saturated carbocycles. The zero-order chi connectivity index (χ0) is 21.0. The van der Waals surface area contributed by atoms with Crippen molar-refractivity contribution in [3.05, 3.63) is 58.7 Å². The summed E-state index contributed by atoms with van der Waals surface area (Å²) in [5.41, 5.74) is 5.42. The molecule has 1 amide bonds. The second-order valence-electron chi connectivity index (χ2n) is 6.09. The SMILES string of the molecule is C[C@@]1(c2cc(NC(=O)c3cnc(OCF)cn3)ccc2Cl)C=C(CF)OC(N)=N1. The number of aromatic nitrogens is 2. The molecular formula is C18H16ClF2N5O3. The number of nitrogens with one attached hydrogen (secondary N) is 1. The molecule has 1 atom stereocenters. The van der Waals surface area contributed by atoms with Crippen LogP contribution >= 0.6 is 11.6 Å². The van der Waals surface area contributed by atoms with Crippen molar-refractivity contribution in [1.29, 1.82) is 0 Å². The molecule has 0 aliphatic carbocycles. The predicted molar refractivity (Wildman–Crippen MR) is 102 cm³/mol. The van der Waals surface area contributed by atoms with E-state index in [0.29, 0.717) is 16.3 Å². The summed E-state index contributed by atoms with van der Waals surface area (Å²) in [5.74, 6) is -0.592. The fourth-order valence-electron chi connectivity index (χ4n) is 2.72. The number of nitrogens with two attached hydrogens (primary N) is 1. The number of nitrogens with zero attached hydrogens (tertiary/aromatic N) is 3. The number of aliphatic imine (C=N–C) groups is 1. The van der Waals surface area contributed by atoms with Crippen LogP contribution in [0.15, 0.2) is 47.4 Å². The molecule has 3 rings (SSSR count). The third-order valence-corrected chi connectivity index (χ3v) is 4.31. The monoisotopic (exact) mass is 423 g/mol. The molecule has 1 aromatic heterocycles. The lowest BCUT2D eigenvalue weighted by atomic mass is 9.90. The minimum atomic E-state index is -1.09. The topological polar surface area (TPSA) is 112 Å². The summed E-state index contributed by atoms with van der Waals surface area (Å²) in [6.45, 7) is -0.232. The third kappa shape index (κ3) is 4.60. The summed E-state index contributed by atoms with van der Waals surface area (Å²) in [7, 11) is 0. The summed E-state index contributed by atoms with van der Waals surface area (Å²) in [4.78, 5) is 24.3. The highest BCUT2D eigenvalue weighted by molar-refractivity contribution is 6.31. The van der Waals surface area contributed by atoms with Gasteiger partial charge in [0, 0.05) is 16.3 Å². The first-order valence-electron chi connectivity index (χ1n) is 8.27. The van der Waals surface area contributed by atoms with Gasteiger partial charge in [-0.3, -0.25) is 4.79 Å². The van der Waals surface area contributed by atoms with Crippen LogP contribution in [0.1, 0.15) is 23.0 Å². The molecule has 29 heavy (non-hydrogen) atoms. The van der Waals surface area contributed by atoms with E-state index in [4.69, 9.17) is 22.1 Å². The van der Waals surface area contributed by atoms with Crippen LogP contribution in [0, 0.1) is 0 Å². The number of hydrogen-bond acceptors (Lipinski definition) is 7. The lowest BCUT2D eigenvalue weighted by molar-refractivity contribution is 0.102. The Morgan fingerprint density at radius 2 is 2.14 bits per heavy atom. The lowest BCUT2D eigenvalue weighted by Crippen LogP contribution is -2.30. The number of benzene rings is 1. The van der Waals surface area contributed by atoms with Gasteiger partial charge in [-0.2, -0.15) is 0 Å². The van der Waals surface area contributed by atoms with E-state index in [1.165, 1.54) is 6.08 Å². The number of alkyl halides is 2. The van der Waals surface area contributed by atoms with E-state index in [1.54, 1.807) is 25.1 Å². The van der Waals surface area contributed by atoms with Crippen molar-refractivity contribution in [2.75, 3.05) is 18.9 Å². The second-order valence-corrected chi connectivity index (χ2v) is 6.49. The average Bonchev–Trinajstić information content (AvgIpc) is 2.69. The fourth-order valence-corrected chi connectivity index (χ4v) is 3.02. The molecule has 152 valence electrons. The van der Waals surface area contributed by atoms with Crippen molar-refractivity contribution < 1.29 is 23.0 Å². The van der Waals surface area contributed by atoms with Crippen molar-refractivity contribution in [3.63, 3.8) is 0 Å². The zero-order valence-electron chi connectivity index (χ0n) is 15.2. The van der Waals surface area contributed by atoms with Crippen LogP contribution in [-0.2, 0) is 10.3 Å². The van der Waals surface area contributed by atoms with Crippen molar-refractivity contribution in [2.24, 2.45) is 10.7 Å². The van der Waals surface area contributed by atoms with E-state index in [9.17, 15) is 13.6 Å². The molecule has 0 saturated heterocycles. The number of rotatable bonds is 6. The smallest absolute Gasteiger partial charge is 0.288 e. The van der Waals surface area contributed by atoms with Gasteiger partial charge in [0.2, 0.25) is 12.7 Å². The Bertz CT molecular complexity index is 984. The number of amidine groups is 1. The van der Waals surface area contributed by atoms with E-state index >= 15 is 0 Å². The number of amides is 1. The standard InChI is InChI=1S/C18H16ClF2N5O3/c1-18(5-11(6-20)29-17(22)26-18)12-4-10(2-3-13(12)19)25-16(27)14-7-24-15(8-23-14)28-9-21/h2-5,7-8H,6,9H2,1H3,(H2,22,26)(H,25,27)/t18-/m0/s1. The highest BCUT2D eigenvalue weighted by Gasteiger charge is 2.32. The number of hydrogen-bond donors (Lipinski definition) is 2. The molecular weight excluding hydrogens is 408 g/mol. The second kappa shape index (κ2) is 8.39. The molecule has 2 heterocycles. The summed E-state index contributed by atoms with van der Waals surface area (Å²) < 4.78 is 34.8. The lowest BCUT2D eigenvalue weighted by Gasteiger charge is -2.28. The van der Waals surface area contributed by atoms with Crippen LogP contribution < -0.4 is 15.8 Å². The molecule has 1 aromatic carbocycles. The Kier molecular flexibility index (Phi) is 5.92. The molecule has 0 unspecified atom stereocenters. The maximum Gasteiger partial charge on any atom is 0.288 e. The maximum atomic E-state index is 13.1. The van der Waals surface area contributed by atoms with Gasteiger partial charge in [0.15, 0.2) is 0 Å². The molecule has 1 aliphatic rings. The molecule has 3 N–H and O–H groups in total. The van der Waals surface area contributed by atoms with Crippen molar-refractivity contribution in [1.82, 2.24) is 9.97 Å². The van der Waals surface area contributed by atoms with Gasteiger partial charge in [0.25, 0.3) is 11.9 Å². The first-order chi connectivity index (χ1) is 13.8. The summed E-state index contributed by atoms with van der Waals surface area (Å²) in [6.07, 6.45) is 3.75.